The van der Waals surface area contributed by atoms with Gasteiger partial charge in [-0.25, -0.2) is 9.78 Å². The molecular weight excluding hydrogens is 382 g/mol. The molecule has 0 saturated carbocycles. The summed E-state index contributed by atoms with van der Waals surface area (Å²) >= 11 is 0. The van der Waals surface area contributed by atoms with Gasteiger partial charge < -0.3 is 10.1 Å². The monoisotopic (exact) mass is 399 g/mol. The molecule has 4 rings (SSSR count). The third-order valence-electron chi connectivity index (χ3n) is 4.41. The van der Waals surface area contributed by atoms with E-state index in [9.17, 15) is 10.1 Å². The number of aromatic nitrogens is 5. The molecule has 1 N–H and O–H groups in total. The fraction of sp³-hybridized carbons (Fsp3) is 0.143. The number of aryl methyl sites for hydroxylation is 1. The molecule has 3 heterocycles. The Labute approximate surface area is 172 Å². The van der Waals surface area contributed by atoms with E-state index >= 15 is 0 Å². The van der Waals surface area contributed by atoms with Crippen LogP contribution in [-0.2, 0) is 4.74 Å². The maximum absolute atomic E-state index is 11.7. The molecule has 3 aromatic heterocycles. The summed E-state index contributed by atoms with van der Waals surface area (Å²) in [5.74, 6) is 0.762. The molecule has 0 aliphatic heterocycles. The molecule has 0 amide bonds. The van der Waals surface area contributed by atoms with Crippen LogP contribution in [0.5, 0.6) is 0 Å². The number of rotatable bonds is 5. The number of nitrogens with one attached hydrogen (secondary N) is 1. The number of carbonyl (C=O) groups excluding carboxylic acids is 1. The van der Waals surface area contributed by atoms with E-state index in [4.69, 9.17) is 4.74 Å². The molecule has 0 saturated heterocycles. The quantitative estimate of drug-likeness (QED) is 0.508. The van der Waals surface area contributed by atoms with Gasteiger partial charge in [0.05, 0.1) is 18.3 Å². The van der Waals surface area contributed by atoms with E-state index in [0.29, 0.717) is 23.0 Å². The van der Waals surface area contributed by atoms with Crippen LogP contribution in [-0.4, -0.2) is 37.5 Å². The van der Waals surface area contributed by atoms with Crippen molar-refractivity contribution in [3.63, 3.8) is 0 Å². The summed E-state index contributed by atoms with van der Waals surface area (Å²) in [6, 6.07) is 14.9. The first-order valence-corrected chi connectivity index (χ1v) is 9.23. The largest absolute Gasteiger partial charge is 0.461 e. The van der Waals surface area contributed by atoms with Crippen LogP contribution in [0, 0.1) is 18.3 Å². The molecule has 0 radical (unpaired) electrons. The third-order valence-corrected chi connectivity index (χ3v) is 4.41. The van der Waals surface area contributed by atoms with Gasteiger partial charge >= 0.3 is 5.97 Å². The Balaban J connectivity index is 1.71. The van der Waals surface area contributed by atoms with Crippen LogP contribution < -0.4 is 5.32 Å². The number of carbonyl (C=O) groups is 1. The topological polar surface area (TPSA) is 119 Å². The van der Waals surface area contributed by atoms with Crippen molar-refractivity contribution in [1.82, 2.24) is 25.0 Å². The number of nitrogens with zero attached hydrogens (tertiary/aromatic N) is 6. The van der Waals surface area contributed by atoms with Gasteiger partial charge in [-0.15, -0.1) is 10.2 Å². The number of esters is 1. The second kappa shape index (κ2) is 7.97. The van der Waals surface area contributed by atoms with E-state index in [2.05, 4.69) is 31.7 Å². The second-order valence-corrected chi connectivity index (χ2v) is 6.39. The van der Waals surface area contributed by atoms with E-state index in [1.165, 1.54) is 12.3 Å². The zero-order chi connectivity index (χ0) is 21.1. The SMILES string of the molecule is CCOC(=O)c1ccc(Nc2c(C#N)cnn2-c2cc(C)c3ccccc3n2)nn1. The van der Waals surface area contributed by atoms with Crippen LogP contribution in [0.25, 0.3) is 16.7 Å². The van der Waals surface area contributed by atoms with E-state index < -0.39 is 5.97 Å². The van der Waals surface area contributed by atoms with Crippen molar-refractivity contribution in [3.8, 4) is 11.9 Å². The molecule has 9 heteroatoms. The van der Waals surface area contributed by atoms with Gasteiger partial charge in [0.2, 0.25) is 0 Å². The van der Waals surface area contributed by atoms with Gasteiger partial charge in [-0.3, -0.25) is 0 Å². The zero-order valence-electron chi connectivity index (χ0n) is 16.3. The Kier molecular flexibility index (Phi) is 5.05. The lowest BCUT2D eigenvalue weighted by molar-refractivity contribution is 0.0518. The molecule has 9 nitrogen and oxygen atoms in total. The smallest absolute Gasteiger partial charge is 0.358 e. The van der Waals surface area contributed by atoms with Crippen molar-refractivity contribution in [2.24, 2.45) is 0 Å². The van der Waals surface area contributed by atoms with Crippen molar-refractivity contribution < 1.29 is 9.53 Å². The Morgan fingerprint density at radius 3 is 2.80 bits per heavy atom. The van der Waals surface area contributed by atoms with Crippen molar-refractivity contribution in [1.29, 1.82) is 5.26 Å². The summed E-state index contributed by atoms with van der Waals surface area (Å²) in [5, 5.41) is 25.8. The summed E-state index contributed by atoms with van der Waals surface area (Å²) in [4.78, 5) is 16.4. The highest BCUT2D eigenvalue weighted by Gasteiger charge is 2.16. The molecule has 148 valence electrons. The van der Waals surface area contributed by atoms with Gasteiger partial charge in [-0.1, -0.05) is 18.2 Å². The number of fused-ring (bicyclic) bond motifs is 1. The van der Waals surface area contributed by atoms with Gasteiger partial charge in [-0.05, 0) is 43.7 Å². The van der Waals surface area contributed by atoms with Gasteiger partial charge in [0.25, 0.3) is 0 Å². The van der Waals surface area contributed by atoms with Gasteiger partial charge in [0, 0.05) is 5.39 Å². The standard InChI is InChI=1S/C21H17N7O2/c1-3-30-21(29)17-8-9-18(27-26-17)25-20-14(11-22)12-23-28(20)19-10-13(2)15-6-4-5-7-16(15)24-19/h4-10,12H,3H2,1-2H3,(H,25,27). The average Bonchev–Trinajstić information content (AvgIpc) is 3.17. The van der Waals surface area contributed by atoms with Crippen molar-refractivity contribution in [2.45, 2.75) is 13.8 Å². The first-order valence-electron chi connectivity index (χ1n) is 9.23. The molecule has 30 heavy (non-hydrogen) atoms. The summed E-state index contributed by atoms with van der Waals surface area (Å²) < 4.78 is 6.45. The van der Waals surface area contributed by atoms with E-state index in [0.717, 1.165) is 16.5 Å². The maximum atomic E-state index is 11.7. The molecule has 0 spiro atoms. The lowest BCUT2D eigenvalue weighted by atomic mass is 10.1. The van der Waals surface area contributed by atoms with Crippen LogP contribution in [0.1, 0.15) is 28.5 Å². The minimum atomic E-state index is -0.546. The summed E-state index contributed by atoms with van der Waals surface area (Å²) in [5.41, 5.74) is 2.28. The van der Waals surface area contributed by atoms with Gasteiger partial charge in [0.1, 0.15) is 11.6 Å². The molecule has 0 fully saturated rings. The molecule has 0 bridgehead atoms. The lowest BCUT2D eigenvalue weighted by Crippen LogP contribution is -2.10. The fourth-order valence-corrected chi connectivity index (χ4v) is 3.00. The normalized spacial score (nSPS) is 10.6. The first kappa shape index (κ1) is 19.0. The number of hydrogen-bond acceptors (Lipinski definition) is 8. The summed E-state index contributed by atoms with van der Waals surface area (Å²) in [6.45, 7) is 3.96. The van der Waals surface area contributed by atoms with E-state index in [-0.39, 0.29) is 12.3 Å². The molecule has 0 aliphatic carbocycles. The van der Waals surface area contributed by atoms with Crippen molar-refractivity contribution >= 4 is 28.5 Å². The molecule has 0 unspecified atom stereocenters. The second-order valence-electron chi connectivity index (χ2n) is 6.39. The van der Waals surface area contributed by atoms with Crippen LogP contribution >= 0.6 is 0 Å². The Bertz CT molecular complexity index is 1270. The Morgan fingerprint density at radius 2 is 2.07 bits per heavy atom. The molecule has 4 aromatic rings. The van der Waals surface area contributed by atoms with Crippen LogP contribution in [0.3, 0.4) is 0 Å². The highest BCUT2D eigenvalue weighted by Crippen LogP contribution is 2.25. The molecular formula is C21H17N7O2. The highest BCUT2D eigenvalue weighted by atomic mass is 16.5. The summed E-state index contributed by atoms with van der Waals surface area (Å²) in [7, 11) is 0. The van der Waals surface area contributed by atoms with Crippen molar-refractivity contribution in [3.05, 3.63) is 65.5 Å². The average molecular weight is 399 g/mol. The van der Waals surface area contributed by atoms with Gasteiger partial charge in [0.15, 0.2) is 23.1 Å². The van der Waals surface area contributed by atoms with E-state index in [1.54, 1.807) is 17.7 Å². The predicted molar refractivity (Wildman–Crippen MR) is 110 cm³/mol. The minimum Gasteiger partial charge on any atom is -0.461 e. The molecule has 0 atom stereocenters. The molecule has 0 aliphatic rings. The van der Waals surface area contributed by atoms with Crippen LogP contribution in [0.4, 0.5) is 11.6 Å². The van der Waals surface area contributed by atoms with Crippen LogP contribution in [0.2, 0.25) is 0 Å². The predicted octanol–water partition coefficient (Wildman–Crippen LogP) is 3.31. The minimum absolute atomic E-state index is 0.100. The number of anilines is 2. The Hall–Kier alpha value is -4.32. The number of ether oxygens (including phenoxy) is 1. The third kappa shape index (κ3) is 3.54. The number of hydrogen-bond donors (Lipinski definition) is 1. The zero-order valence-corrected chi connectivity index (χ0v) is 16.3. The highest BCUT2D eigenvalue weighted by molar-refractivity contribution is 5.87. The lowest BCUT2D eigenvalue weighted by Gasteiger charge is -2.11. The fourth-order valence-electron chi connectivity index (χ4n) is 3.00. The summed E-state index contributed by atoms with van der Waals surface area (Å²) in [6.07, 6.45) is 1.45. The number of pyridine rings is 1. The number of benzene rings is 1. The maximum Gasteiger partial charge on any atom is 0.358 e. The number of nitriles is 1. The number of para-hydroxylation sites is 1. The Morgan fingerprint density at radius 1 is 1.23 bits per heavy atom. The first-order chi connectivity index (χ1) is 14.6. The van der Waals surface area contributed by atoms with E-state index in [1.807, 2.05) is 37.3 Å². The van der Waals surface area contributed by atoms with Crippen molar-refractivity contribution in [2.75, 3.05) is 11.9 Å². The van der Waals surface area contributed by atoms with Crippen LogP contribution in [0.15, 0.2) is 48.7 Å². The molecule has 1 aromatic carbocycles. The van der Waals surface area contributed by atoms with Gasteiger partial charge in [-0.2, -0.15) is 15.0 Å².